The van der Waals surface area contributed by atoms with Crippen molar-refractivity contribution in [2.75, 3.05) is 19.6 Å². The molecule has 0 aromatic carbocycles. The second kappa shape index (κ2) is 9.74. The summed E-state index contributed by atoms with van der Waals surface area (Å²) in [6.45, 7) is 11.3. The molecule has 1 aliphatic heterocycles. The molecule has 0 radical (unpaired) electrons. The largest absolute Gasteiger partial charge is 0.349 e. The average molecular weight is 363 g/mol. The van der Waals surface area contributed by atoms with Crippen LogP contribution < -0.4 is 5.32 Å². The number of amides is 2. The molecule has 0 spiro atoms. The summed E-state index contributed by atoms with van der Waals surface area (Å²) >= 11 is 0. The summed E-state index contributed by atoms with van der Waals surface area (Å²) in [6.07, 6.45) is 5.67. The highest BCUT2D eigenvalue weighted by Gasteiger charge is 2.29. The summed E-state index contributed by atoms with van der Waals surface area (Å²) in [5.74, 6) is 0.754. The summed E-state index contributed by atoms with van der Waals surface area (Å²) in [4.78, 5) is 32.1. The van der Waals surface area contributed by atoms with E-state index in [4.69, 9.17) is 0 Å². The van der Waals surface area contributed by atoms with Gasteiger partial charge in [0.05, 0.1) is 5.69 Å². The van der Waals surface area contributed by atoms with E-state index in [9.17, 15) is 9.59 Å². The Morgan fingerprint density at radius 3 is 2.50 bits per heavy atom. The lowest BCUT2D eigenvalue weighted by Gasteiger charge is -2.22. The molecule has 2 heterocycles. The van der Waals surface area contributed by atoms with Crippen molar-refractivity contribution in [1.82, 2.24) is 19.8 Å². The van der Waals surface area contributed by atoms with Crippen LogP contribution in [0.4, 0.5) is 0 Å². The monoisotopic (exact) mass is 362 g/mol. The van der Waals surface area contributed by atoms with Gasteiger partial charge in [-0.05, 0) is 44.4 Å². The van der Waals surface area contributed by atoms with Crippen molar-refractivity contribution in [2.24, 2.45) is 5.92 Å². The van der Waals surface area contributed by atoms with Crippen molar-refractivity contribution < 1.29 is 9.59 Å². The second-order valence-electron chi connectivity index (χ2n) is 7.57. The third-order valence-corrected chi connectivity index (χ3v) is 4.81. The summed E-state index contributed by atoms with van der Waals surface area (Å²) in [7, 11) is 0. The Bertz CT molecular complexity index is 616. The van der Waals surface area contributed by atoms with Gasteiger partial charge < -0.3 is 14.8 Å². The molecule has 0 atom stereocenters. The van der Waals surface area contributed by atoms with E-state index < -0.39 is 0 Å². The molecule has 0 saturated heterocycles. The summed E-state index contributed by atoms with van der Waals surface area (Å²) < 4.78 is 1.97. The maximum absolute atomic E-state index is 13.1. The molecule has 26 heavy (non-hydrogen) atoms. The molecule has 0 fully saturated rings. The molecule has 146 valence electrons. The summed E-state index contributed by atoms with van der Waals surface area (Å²) in [5.41, 5.74) is 1.42. The third-order valence-electron chi connectivity index (χ3n) is 4.81. The average Bonchev–Trinajstić information content (AvgIpc) is 3.00. The third kappa shape index (κ3) is 4.86. The van der Waals surface area contributed by atoms with Gasteiger partial charge >= 0.3 is 0 Å². The van der Waals surface area contributed by atoms with Gasteiger partial charge in [0.25, 0.3) is 11.8 Å². The first-order valence-corrected chi connectivity index (χ1v) is 10.2. The lowest BCUT2D eigenvalue weighted by Crippen LogP contribution is -2.33. The Balaban J connectivity index is 2.26. The smallest absolute Gasteiger partial charge is 0.287 e. The SMILES string of the molecule is CCCN(CCC)C(=O)c1nc(C(=O)NCCC(C)C)n2c1CCCC2. The van der Waals surface area contributed by atoms with E-state index in [1.165, 1.54) is 0 Å². The number of carbonyl (C=O) groups is 2. The van der Waals surface area contributed by atoms with Crippen LogP contribution in [-0.2, 0) is 13.0 Å². The molecular formula is C20H34N4O2. The van der Waals surface area contributed by atoms with Crippen LogP contribution in [0.2, 0.25) is 0 Å². The molecule has 1 aromatic rings. The molecule has 1 N–H and O–H groups in total. The van der Waals surface area contributed by atoms with Gasteiger partial charge in [-0.15, -0.1) is 0 Å². The van der Waals surface area contributed by atoms with Crippen LogP contribution in [0.1, 0.15) is 86.6 Å². The summed E-state index contributed by atoms with van der Waals surface area (Å²) in [6, 6.07) is 0. The number of imidazole rings is 1. The molecule has 0 unspecified atom stereocenters. The first-order valence-electron chi connectivity index (χ1n) is 10.2. The molecule has 2 amide bonds. The topological polar surface area (TPSA) is 67.2 Å². The molecule has 0 bridgehead atoms. The highest BCUT2D eigenvalue weighted by atomic mass is 16.2. The van der Waals surface area contributed by atoms with Gasteiger partial charge in [0, 0.05) is 26.2 Å². The highest BCUT2D eigenvalue weighted by Crippen LogP contribution is 2.22. The lowest BCUT2D eigenvalue weighted by molar-refractivity contribution is 0.0748. The van der Waals surface area contributed by atoms with E-state index in [-0.39, 0.29) is 11.8 Å². The van der Waals surface area contributed by atoms with E-state index in [1.54, 1.807) is 0 Å². The molecular weight excluding hydrogens is 328 g/mol. The van der Waals surface area contributed by atoms with Crippen LogP contribution in [0.25, 0.3) is 0 Å². The molecule has 6 heteroatoms. The van der Waals surface area contributed by atoms with Crippen molar-refractivity contribution in [2.45, 2.75) is 72.8 Å². The number of rotatable bonds is 9. The van der Waals surface area contributed by atoms with Crippen LogP contribution in [0.5, 0.6) is 0 Å². The molecule has 2 rings (SSSR count). The minimum absolute atomic E-state index is 0.0272. The van der Waals surface area contributed by atoms with E-state index in [0.29, 0.717) is 24.0 Å². The van der Waals surface area contributed by atoms with Crippen LogP contribution >= 0.6 is 0 Å². The van der Waals surface area contributed by atoms with Crippen LogP contribution in [0.3, 0.4) is 0 Å². The van der Waals surface area contributed by atoms with Gasteiger partial charge in [-0.2, -0.15) is 0 Å². The van der Waals surface area contributed by atoms with Crippen molar-refractivity contribution in [3.63, 3.8) is 0 Å². The zero-order chi connectivity index (χ0) is 19.1. The number of carbonyl (C=O) groups excluding carboxylic acids is 2. The number of hydrogen-bond donors (Lipinski definition) is 1. The standard InChI is InChI=1S/C20H34N4O2/c1-5-12-23(13-6-2)20(26)17-16-9-7-8-14-24(16)18(22-17)19(25)21-11-10-15(3)4/h15H,5-14H2,1-4H3,(H,21,25). The fourth-order valence-corrected chi connectivity index (χ4v) is 3.45. The van der Waals surface area contributed by atoms with Crippen LogP contribution in [-0.4, -0.2) is 45.9 Å². The quantitative estimate of drug-likeness (QED) is 0.733. The van der Waals surface area contributed by atoms with Crippen LogP contribution in [0, 0.1) is 5.92 Å². The Morgan fingerprint density at radius 2 is 1.88 bits per heavy atom. The zero-order valence-electron chi connectivity index (χ0n) is 16.8. The number of fused-ring (bicyclic) bond motifs is 1. The Morgan fingerprint density at radius 1 is 1.19 bits per heavy atom. The maximum Gasteiger partial charge on any atom is 0.287 e. The number of nitrogens with zero attached hydrogens (tertiary/aromatic N) is 3. The molecule has 0 aliphatic carbocycles. The number of nitrogens with one attached hydrogen (secondary N) is 1. The van der Waals surface area contributed by atoms with Gasteiger partial charge in [0.15, 0.2) is 5.82 Å². The fourth-order valence-electron chi connectivity index (χ4n) is 3.45. The first kappa shape index (κ1) is 20.5. The predicted octanol–water partition coefficient (Wildman–Crippen LogP) is 3.26. The molecule has 0 saturated carbocycles. The number of aromatic nitrogens is 2. The van der Waals surface area contributed by atoms with E-state index in [0.717, 1.165) is 63.9 Å². The predicted molar refractivity (Wildman–Crippen MR) is 103 cm³/mol. The lowest BCUT2D eigenvalue weighted by atomic mass is 10.1. The van der Waals surface area contributed by atoms with Crippen molar-refractivity contribution in [3.8, 4) is 0 Å². The molecule has 1 aliphatic rings. The van der Waals surface area contributed by atoms with Gasteiger partial charge in [-0.1, -0.05) is 27.7 Å². The van der Waals surface area contributed by atoms with Gasteiger partial charge in [-0.3, -0.25) is 9.59 Å². The van der Waals surface area contributed by atoms with E-state index in [2.05, 4.69) is 38.0 Å². The Kier molecular flexibility index (Phi) is 7.66. The minimum atomic E-state index is -0.162. The van der Waals surface area contributed by atoms with Crippen LogP contribution in [0.15, 0.2) is 0 Å². The Hall–Kier alpha value is -1.85. The molecule has 1 aromatic heterocycles. The normalized spacial score (nSPS) is 13.6. The maximum atomic E-state index is 13.1. The molecule has 6 nitrogen and oxygen atoms in total. The Labute approximate surface area is 157 Å². The highest BCUT2D eigenvalue weighted by molar-refractivity contribution is 5.97. The van der Waals surface area contributed by atoms with Crippen molar-refractivity contribution in [3.05, 3.63) is 17.2 Å². The second-order valence-corrected chi connectivity index (χ2v) is 7.57. The first-order chi connectivity index (χ1) is 12.5. The van der Waals surface area contributed by atoms with Gasteiger partial charge in [0.1, 0.15) is 5.69 Å². The van der Waals surface area contributed by atoms with E-state index in [1.807, 2.05) is 9.47 Å². The van der Waals surface area contributed by atoms with Crippen molar-refractivity contribution in [1.29, 1.82) is 0 Å². The zero-order valence-corrected chi connectivity index (χ0v) is 16.8. The van der Waals surface area contributed by atoms with Gasteiger partial charge in [-0.25, -0.2) is 4.98 Å². The fraction of sp³-hybridized carbons (Fsp3) is 0.750. The summed E-state index contributed by atoms with van der Waals surface area (Å²) in [5, 5.41) is 2.97. The van der Waals surface area contributed by atoms with E-state index >= 15 is 0 Å². The minimum Gasteiger partial charge on any atom is -0.349 e. The van der Waals surface area contributed by atoms with Gasteiger partial charge in [0.2, 0.25) is 0 Å². The number of hydrogen-bond acceptors (Lipinski definition) is 3. The van der Waals surface area contributed by atoms with Crippen molar-refractivity contribution >= 4 is 11.8 Å².